The SMILES string of the molecule is CCc1nncn1CCN=C(NC(C)CC)N(C)Cc1ccc(OC)cc1.I. The van der Waals surface area contributed by atoms with E-state index < -0.39 is 0 Å². The highest BCUT2D eigenvalue weighted by Gasteiger charge is 2.10. The van der Waals surface area contributed by atoms with Crippen LogP contribution in [0.25, 0.3) is 0 Å². The zero-order valence-electron chi connectivity index (χ0n) is 17.6. The van der Waals surface area contributed by atoms with Crippen molar-refractivity contribution in [1.82, 2.24) is 25.0 Å². The standard InChI is InChI=1S/C20H32N6O.HI/c1-6-16(3)23-20(21-12-13-26-15-22-24-19(26)7-2)25(4)14-17-8-10-18(27-5)11-9-17;/h8-11,15-16H,6-7,12-14H2,1-5H3,(H,21,23);1H. The van der Waals surface area contributed by atoms with E-state index in [1.165, 1.54) is 5.56 Å². The molecule has 1 aromatic carbocycles. The van der Waals surface area contributed by atoms with Gasteiger partial charge in [0.15, 0.2) is 5.96 Å². The summed E-state index contributed by atoms with van der Waals surface area (Å²) < 4.78 is 7.30. The van der Waals surface area contributed by atoms with Gasteiger partial charge < -0.3 is 19.5 Å². The van der Waals surface area contributed by atoms with E-state index >= 15 is 0 Å². The summed E-state index contributed by atoms with van der Waals surface area (Å²) in [4.78, 5) is 6.98. The second-order valence-corrected chi connectivity index (χ2v) is 6.66. The first-order chi connectivity index (χ1) is 13.1. The number of methoxy groups -OCH3 is 1. The lowest BCUT2D eigenvalue weighted by atomic mass is 10.2. The number of benzene rings is 1. The third kappa shape index (κ3) is 7.29. The van der Waals surface area contributed by atoms with Gasteiger partial charge in [-0.25, -0.2) is 0 Å². The average Bonchev–Trinajstić information content (AvgIpc) is 3.15. The number of aryl methyl sites for hydroxylation is 1. The summed E-state index contributed by atoms with van der Waals surface area (Å²) in [7, 11) is 3.75. The van der Waals surface area contributed by atoms with Crippen LogP contribution in [0.3, 0.4) is 0 Å². The van der Waals surface area contributed by atoms with Crippen LogP contribution in [0.2, 0.25) is 0 Å². The number of aromatic nitrogens is 3. The van der Waals surface area contributed by atoms with Crippen molar-refractivity contribution in [2.24, 2.45) is 4.99 Å². The monoisotopic (exact) mass is 500 g/mol. The number of rotatable bonds is 9. The predicted octanol–water partition coefficient (Wildman–Crippen LogP) is 3.34. The largest absolute Gasteiger partial charge is 0.497 e. The van der Waals surface area contributed by atoms with Crippen molar-refractivity contribution in [3.63, 3.8) is 0 Å². The fourth-order valence-electron chi connectivity index (χ4n) is 2.68. The Morgan fingerprint density at radius 1 is 1.29 bits per heavy atom. The lowest BCUT2D eigenvalue weighted by Gasteiger charge is -2.25. The molecule has 28 heavy (non-hydrogen) atoms. The molecule has 0 saturated heterocycles. The first-order valence-corrected chi connectivity index (χ1v) is 9.59. The second kappa shape index (κ2) is 12.6. The van der Waals surface area contributed by atoms with E-state index in [-0.39, 0.29) is 24.0 Å². The summed E-state index contributed by atoms with van der Waals surface area (Å²) in [6.07, 6.45) is 3.69. The van der Waals surface area contributed by atoms with Crippen LogP contribution in [0.1, 0.15) is 38.6 Å². The van der Waals surface area contributed by atoms with E-state index in [1.807, 2.05) is 12.1 Å². The quantitative estimate of drug-likeness (QED) is 0.325. The molecule has 1 unspecified atom stereocenters. The van der Waals surface area contributed by atoms with Crippen LogP contribution in [0.5, 0.6) is 5.75 Å². The van der Waals surface area contributed by atoms with Crippen molar-refractivity contribution >= 4 is 29.9 Å². The lowest BCUT2D eigenvalue weighted by molar-refractivity contribution is 0.414. The maximum absolute atomic E-state index is 5.23. The van der Waals surface area contributed by atoms with Gasteiger partial charge in [0.1, 0.15) is 17.9 Å². The van der Waals surface area contributed by atoms with E-state index in [2.05, 4.69) is 64.9 Å². The number of ether oxygens (including phenoxy) is 1. The molecular weight excluding hydrogens is 467 g/mol. The van der Waals surface area contributed by atoms with Crippen molar-refractivity contribution in [2.75, 3.05) is 20.7 Å². The van der Waals surface area contributed by atoms with Gasteiger partial charge in [-0.2, -0.15) is 0 Å². The molecule has 1 heterocycles. The molecule has 0 amide bonds. The maximum Gasteiger partial charge on any atom is 0.194 e. The molecule has 8 heteroatoms. The molecule has 0 radical (unpaired) electrons. The van der Waals surface area contributed by atoms with Gasteiger partial charge in [-0.3, -0.25) is 4.99 Å². The Morgan fingerprint density at radius 2 is 2.00 bits per heavy atom. The summed E-state index contributed by atoms with van der Waals surface area (Å²) in [5.41, 5.74) is 1.21. The topological polar surface area (TPSA) is 67.6 Å². The molecular formula is C20H33IN6O. The molecule has 7 nitrogen and oxygen atoms in total. The molecule has 1 N–H and O–H groups in total. The Labute approximate surface area is 185 Å². The van der Waals surface area contributed by atoms with Crippen molar-refractivity contribution in [1.29, 1.82) is 0 Å². The number of hydrogen-bond donors (Lipinski definition) is 1. The molecule has 0 aliphatic rings. The zero-order chi connectivity index (χ0) is 19.6. The first-order valence-electron chi connectivity index (χ1n) is 9.59. The smallest absolute Gasteiger partial charge is 0.194 e. The highest BCUT2D eigenvalue weighted by Crippen LogP contribution is 2.12. The van der Waals surface area contributed by atoms with E-state index in [0.717, 1.165) is 43.5 Å². The Bertz CT molecular complexity index is 716. The predicted molar refractivity (Wildman–Crippen MR) is 124 cm³/mol. The molecule has 0 aliphatic heterocycles. The summed E-state index contributed by atoms with van der Waals surface area (Å²) in [6, 6.07) is 8.51. The Hall–Kier alpha value is -1.84. The Morgan fingerprint density at radius 3 is 2.61 bits per heavy atom. The number of halogens is 1. The van der Waals surface area contributed by atoms with Crippen LogP contribution >= 0.6 is 24.0 Å². The molecule has 2 rings (SSSR count). The van der Waals surface area contributed by atoms with Crippen LogP contribution in [-0.4, -0.2) is 52.4 Å². The van der Waals surface area contributed by atoms with Crippen LogP contribution < -0.4 is 10.1 Å². The number of nitrogens with one attached hydrogen (secondary N) is 1. The van der Waals surface area contributed by atoms with E-state index in [4.69, 9.17) is 9.73 Å². The molecule has 1 atom stereocenters. The molecule has 156 valence electrons. The molecule has 2 aromatic rings. The highest BCUT2D eigenvalue weighted by molar-refractivity contribution is 14.0. The molecule has 0 spiro atoms. The summed E-state index contributed by atoms with van der Waals surface area (Å²) in [6.45, 7) is 8.66. The van der Waals surface area contributed by atoms with Crippen molar-refractivity contribution in [3.05, 3.63) is 42.0 Å². The van der Waals surface area contributed by atoms with Crippen LogP contribution in [-0.2, 0) is 19.5 Å². The van der Waals surface area contributed by atoms with Gasteiger partial charge >= 0.3 is 0 Å². The summed E-state index contributed by atoms with van der Waals surface area (Å²) in [5, 5.41) is 11.6. The van der Waals surface area contributed by atoms with Gasteiger partial charge in [-0.05, 0) is 31.0 Å². The van der Waals surface area contributed by atoms with Gasteiger partial charge in [0.25, 0.3) is 0 Å². The molecule has 0 saturated carbocycles. The van der Waals surface area contributed by atoms with Crippen molar-refractivity contribution < 1.29 is 4.74 Å². The second-order valence-electron chi connectivity index (χ2n) is 6.66. The Balaban J connectivity index is 0.00000392. The number of guanidine groups is 1. The van der Waals surface area contributed by atoms with E-state index in [9.17, 15) is 0 Å². The van der Waals surface area contributed by atoms with Gasteiger partial charge in [-0.1, -0.05) is 26.0 Å². The highest BCUT2D eigenvalue weighted by atomic mass is 127. The van der Waals surface area contributed by atoms with Gasteiger partial charge in [0, 0.05) is 32.6 Å². The Kier molecular flexibility index (Phi) is 10.9. The molecule has 0 fully saturated rings. The minimum atomic E-state index is 0. The minimum absolute atomic E-state index is 0. The fraction of sp³-hybridized carbons (Fsp3) is 0.550. The first kappa shape index (κ1) is 24.2. The van der Waals surface area contributed by atoms with Gasteiger partial charge in [-0.15, -0.1) is 34.2 Å². The van der Waals surface area contributed by atoms with Gasteiger partial charge in [0.2, 0.25) is 0 Å². The van der Waals surface area contributed by atoms with E-state index in [1.54, 1.807) is 13.4 Å². The molecule has 0 aliphatic carbocycles. The van der Waals surface area contributed by atoms with Crippen LogP contribution in [0.15, 0.2) is 35.6 Å². The summed E-state index contributed by atoms with van der Waals surface area (Å²) in [5.74, 6) is 2.77. The third-order valence-corrected chi connectivity index (χ3v) is 4.54. The number of nitrogens with zero attached hydrogens (tertiary/aromatic N) is 5. The van der Waals surface area contributed by atoms with Crippen LogP contribution in [0.4, 0.5) is 0 Å². The third-order valence-electron chi connectivity index (χ3n) is 4.54. The van der Waals surface area contributed by atoms with Gasteiger partial charge in [0.05, 0.1) is 13.7 Å². The molecule has 1 aromatic heterocycles. The summed E-state index contributed by atoms with van der Waals surface area (Å²) >= 11 is 0. The lowest BCUT2D eigenvalue weighted by Crippen LogP contribution is -2.43. The van der Waals surface area contributed by atoms with Crippen molar-refractivity contribution in [2.45, 2.75) is 52.7 Å². The fourth-order valence-corrected chi connectivity index (χ4v) is 2.68. The molecule has 0 bridgehead atoms. The minimum Gasteiger partial charge on any atom is -0.497 e. The zero-order valence-corrected chi connectivity index (χ0v) is 19.9. The normalized spacial score (nSPS) is 12.2. The maximum atomic E-state index is 5.23. The van der Waals surface area contributed by atoms with E-state index in [0.29, 0.717) is 12.6 Å². The number of hydrogen-bond acceptors (Lipinski definition) is 4. The number of aliphatic imine (C=N–C) groups is 1. The average molecular weight is 500 g/mol. The van der Waals surface area contributed by atoms with Crippen molar-refractivity contribution in [3.8, 4) is 5.75 Å². The van der Waals surface area contributed by atoms with Crippen LogP contribution in [0, 0.1) is 0 Å².